The summed E-state index contributed by atoms with van der Waals surface area (Å²) in [5, 5.41) is 0. The zero-order valence-electron chi connectivity index (χ0n) is 13.3. The van der Waals surface area contributed by atoms with Crippen molar-refractivity contribution in [3.05, 3.63) is 11.6 Å². The zero-order valence-corrected chi connectivity index (χ0v) is 13.3. The average molecular weight is 253 g/mol. The van der Waals surface area contributed by atoms with E-state index in [4.69, 9.17) is 0 Å². The van der Waals surface area contributed by atoms with Gasteiger partial charge in [-0.1, -0.05) is 64.0 Å². The second kappa shape index (κ2) is 13.1. The predicted octanol–water partition coefficient (Wildman–Crippen LogP) is 5.42. The summed E-state index contributed by atoms with van der Waals surface area (Å²) >= 11 is 0. The molecule has 108 valence electrons. The van der Waals surface area contributed by atoms with Gasteiger partial charge in [0.25, 0.3) is 0 Å². The number of allylic oxidation sites excluding steroid dienone is 1. The Bertz CT molecular complexity index is 180. The second-order valence-corrected chi connectivity index (χ2v) is 5.70. The molecule has 0 aromatic heterocycles. The Morgan fingerprint density at radius 1 is 0.778 bits per heavy atom. The first kappa shape index (κ1) is 17.7. The highest BCUT2D eigenvalue weighted by Gasteiger charge is 2.02. The fourth-order valence-corrected chi connectivity index (χ4v) is 2.13. The minimum absolute atomic E-state index is 1.15. The fraction of sp³-hybridized carbons (Fsp3) is 0.882. The van der Waals surface area contributed by atoms with Crippen molar-refractivity contribution in [2.75, 3.05) is 19.6 Å². The molecule has 1 nitrogen and oxygen atoms in total. The predicted molar refractivity (Wildman–Crippen MR) is 84.2 cm³/mol. The van der Waals surface area contributed by atoms with Crippen LogP contribution in [0.25, 0.3) is 0 Å². The lowest BCUT2D eigenvalue weighted by Crippen LogP contribution is -2.26. The summed E-state index contributed by atoms with van der Waals surface area (Å²) in [5.41, 5.74) is 1.45. The average Bonchev–Trinajstić information content (AvgIpc) is 2.35. The van der Waals surface area contributed by atoms with Crippen LogP contribution in [0.5, 0.6) is 0 Å². The summed E-state index contributed by atoms with van der Waals surface area (Å²) in [6.07, 6.45) is 13.4. The highest BCUT2D eigenvalue weighted by atomic mass is 15.1. The van der Waals surface area contributed by atoms with E-state index in [1.54, 1.807) is 0 Å². The van der Waals surface area contributed by atoms with Gasteiger partial charge in [-0.05, 0) is 39.8 Å². The summed E-state index contributed by atoms with van der Waals surface area (Å²) < 4.78 is 0. The number of nitrogens with zero attached hydrogens (tertiary/aromatic N) is 1. The van der Waals surface area contributed by atoms with Gasteiger partial charge in [0.05, 0.1) is 0 Å². The molecular weight excluding hydrogens is 218 g/mol. The molecule has 0 aliphatic carbocycles. The van der Waals surface area contributed by atoms with E-state index in [1.165, 1.54) is 70.0 Å². The van der Waals surface area contributed by atoms with E-state index in [2.05, 4.69) is 38.7 Å². The molecule has 0 fully saturated rings. The molecule has 0 unspecified atom stereocenters. The smallest absolute Gasteiger partial charge is 0.0165 e. The molecule has 0 saturated carbocycles. The number of hydrogen-bond acceptors (Lipinski definition) is 1. The van der Waals surface area contributed by atoms with Crippen LogP contribution in [0.2, 0.25) is 0 Å². The summed E-state index contributed by atoms with van der Waals surface area (Å²) in [7, 11) is 0. The van der Waals surface area contributed by atoms with Crippen LogP contribution in [0.15, 0.2) is 11.6 Å². The minimum atomic E-state index is 1.15. The van der Waals surface area contributed by atoms with Crippen LogP contribution in [-0.4, -0.2) is 24.5 Å². The molecule has 0 aromatic rings. The minimum Gasteiger partial charge on any atom is -0.300 e. The molecule has 1 heteroatoms. The summed E-state index contributed by atoms with van der Waals surface area (Å²) in [4.78, 5) is 2.64. The van der Waals surface area contributed by atoms with Gasteiger partial charge >= 0.3 is 0 Å². The lowest BCUT2D eigenvalue weighted by molar-refractivity contribution is 0.286. The normalized spacial score (nSPS) is 10.9. The zero-order chi connectivity index (χ0) is 13.6. The molecule has 0 bridgehead atoms. The highest BCUT2D eigenvalue weighted by Crippen LogP contribution is 2.06. The highest BCUT2D eigenvalue weighted by molar-refractivity contribution is 4.94. The molecule has 0 aliphatic rings. The molecular formula is C17H35N. The van der Waals surface area contributed by atoms with Gasteiger partial charge in [-0.3, -0.25) is 4.90 Å². The van der Waals surface area contributed by atoms with Crippen LogP contribution in [0, 0.1) is 0 Å². The van der Waals surface area contributed by atoms with E-state index in [9.17, 15) is 0 Å². The molecule has 0 amide bonds. The third kappa shape index (κ3) is 12.2. The maximum absolute atomic E-state index is 2.64. The first-order valence-corrected chi connectivity index (χ1v) is 8.06. The van der Waals surface area contributed by atoms with E-state index in [1.807, 2.05) is 0 Å². The van der Waals surface area contributed by atoms with Gasteiger partial charge in [0.2, 0.25) is 0 Å². The van der Waals surface area contributed by atoms with Crippen molar-refractivity contribution in [1.82, 2.24) is 4.90 Å². The standard InChI is InChI=1S/C17H35N/c1-5-7-9-11-14-18(16-13-17(3)4)15-12-10-8-6-2/h13H,5-12,14-16H2,1-4H3. The van der Waals surface area contributed by atoms with Gasteiger partial charge in [-0.15, -0.1) is 0 Å². The van der Waals surface area contributed by atoms with Crippen molar-refractivity contribution in [2.24, 2.45) is 0 Å². The van der Waals surface area contributed by atoms with Crippen molar-refractivity contribution in [3.8, 4) is 0 Å². The van der Waals surface area contributed by atoms with Crippen molar-refractivity contribution in [3.63, 3.8) is 0 Å². The van der Waals surface area contributed by atoms with E-state index in [0.29, 0.717) is 0 Å². The molecule has 0 spiro atoms. The molecule has 0 radical (unpaired) electrons. The Morgan fingerprint density at radius 2 is 1.28 bits per heavy atom. The Labute approximate surface area is 116 Å². The van der Waals surface area contributed by atoms with Crippen LogP contribution in [0.1, 0.15) is 79.1 Å². The maximum atomic E-state index is 2.64. The molecule has 0 aliphatic heterocycles. The number of unbranched alkanes of at least 4 members (excludes halogenated alkanes) is 6. The van der Waals surface area contributed by atoms with E-state index in [-0.39, 0.29) is 0 Å². The molecule has 18 heavy (non-hydrogen) atoms. The van der Waals surface area contributed by atoms with Gasteiger partial charge in [-0.2, -0.15) is 0 Å². The monoisotopic (exact) mass is 253 g/mol. The topological polar surface area (TPSA) is 3.24 Å². The number of hydrogen-bond donors (Lipinski definition) is 0. The van der Waals surface area contributed by atoms with E-state index >= 15 is 0 Å². The molecule has 0 N–H and O–H groups in total. The van der Waals surface area contributed by atoms with Crippen LogP contribution in [0.3, 0.4) is 0 Å². The summed E-state index contributed by atoms with van der Waals surface area (Å²) in [6.45, 7) is 12.7. The Hall–Kier alpha value is -0.300. The molecule has 0 saturated heterocycles. The number of rotatable bonds is 12. The van der Waals surface area contributed by atoms with Gasteiger partial charge in [-0.25, -0.2) is 0 Å². The third-order valence-electron chi connectivity index (χ3n) is 3.41. The van der Waals surface area contributed by atoms with Crippen LogP contribution >= 0.6 is 0 Å². The Balaban J connectivity index is 3.80. The van der Waals surface area contributed by atoms with Crippen molar-refractivity contribution >= 4 is 0 Å². The maximum Gasteiger partial charge on any atom is 0.0165 e. The van der Waals surface area contributed by atoms with Gasteiger partial charge in [0, 0.05) is 6.54 Å². The summed E-state index contributed by atoms with van der Waals surface area (Å²) in [5.74, 6) is 0. The Morgan fingerprint density at radius 3 is 1.67 bits per heavy atom. The van der Waals surface area contributed by atoms with Gasteiger partial charge < -0.3 is 0 Å². The molecule has 0 rings (SSSR count). The quantitative estimate of drug-likeness (QED) is 0.332. The third-order valence-corrected chi connectivity index (χ3v) is 3.41. The van der Waals surface area contributed by atoms with Crippen molar-refractivity contribution in [2.45, 2.75) is 79.1 Å². The van der Waals surface area contributed by atoms with Gasteiger partial charge in [0.15, 0.2) is 0 Å². The molecule has 0 heterocycles. The van der Waals surface area contributed by atoms with Crippen molar-refractivity contribution in [1.29, 1.82) is 0 Å². The first-order valence-electron chi connectivity index (χ1n) is 8.06. The largest absolute Gasteiger partial charge is 0.300 e. The lowest BCUT2D eigenvalue weighted by Gasteiger charge is -2.21. The molecule has 0 aromatic carbocycles. The summed E-state index contributed by atoms with van der Waals surface area (Å²) in [6, 6.07) is 0. The van der Waals surface area contributed by atoms with Gasteiger partial charge in [0.1, 0.15) is 0 Å². The van der Waals surface area contributed by atoms with Crippen LogP contribution in [-0.2, 0) is 0 Å². The molecule has 0 atom stereocenters. The lowest BCUT2D eigenvalue weighted by atomic mass is 10.1. The SMILES string of the molecule is CCCCCCN(CC=C(C)C)CCCCCC. The fourth-order valence-electron chi connectivity index (χ4n) is 2.13. The van der Waals surface area contributed by atoms with Crippen LogP contribution < -0.4 is 0 Å². The van der Waals surface area contributed by atoms with Crippen molar-refractivity contribution < 1.29 is 0 Å². The van der Waals surface area contributed by atoms with E-state index in [0.717, 1.165) is 6.54 Å². The second-order valence-electron chi connectivity index (χ2n) is 5.70. The first-order chi connectivity index (χ1) is 8.70. The Kier molecular flexibility index (Phi) is 12.9. The van der Waals surface area contributed by atoms with Crippen LogP contribution in [0.4, 0.5) is 0 Å². The van der Waals surface area contributed by atoms with E-state index < -0.39 is 0 Å².